The van der Waals surface area contributed by atoms with Crippen LogP contribution >= 0.6 is 23.5 Å². The quantitative estimate of drug-likeness (QED) is 0.248. The van der Waals surface area contributed by atoms with Gasteiger partial charge in [0.1, 0.15) is 12.1 Å². The molecule has 0 aromatic heterocycles. The maximum atomic E-state index is 14.3. The summed E-state index contributed by atoms with van der Waals surface area (Å²) in [5.41, 5.74) is 2.31. The Kier molecular flexibility index (Phi) is 13.3. The standard InChI is InChI=1S/C41H56N4O5S2/c1-41(2)36(39(48)44-23-11-10-18-34(44)52-41)43-37(46)31(26-29-15-8-5-9-16-29)21-20-30(25-28-13-6-4-7-14-28)27-42-32-22-24-51-35-19-12-17-33(40(49)50-3)45(35)38(32)47/h4-9,13-16,30-36,42H,10-12,17-27H2,1-3H3,(H,43,46)/t30-,31-,32?,33?,34+,35?,36-/m1/s1. The van der Waals surface area contributed by atoms with Gasteiger partial charge in [-0.05, 0) is 114 Å². The minimum absolute atomic E-state index is 0.00487. The fourth-order valence-electron chi connectivity index (χ4n) is 8.45. The van der Waals surface area contributed by atoms with Crippen molar-refractivity contribution in [2.75, 3.05) is 26.0 Å². The van der Waals surface area contributed by atoms with Crippen LogP contribution in [0.5, 0.6) is 0 Å². The third kappa shape index (κ3) is 9.37. The topological polar surface area (TPSA) is 108 Å². The van der Waals surface area contributed by atoms with E-state index in [-0.39, 0.29) is 52.3 Å². The van der Waals surface area contributed by atoms with Crippen LogP contribution in [0.1, 0.15) is 82.8 Å². The Bertz CT molecular complexity index is 1530. The molecule has 4 fully saturated rings. The molecule has 2 N–H and O–H groups in total. The summed E-state index contributed by atoms with van der Waals surface area (Å²) in [6.45, 7) is 5.54. The molecule has 52 heavy (non-hydrogen) atoms. The summed E-state index contributed by atoms with van der Waals surface area (Å²) < 4.78 is 4.70. The highest BCUT2D eigenvalue weighted by Crippen LogP contribution is 2.43. The third-order valence-electron chi connectivity index (χ3n) is 11.4. The minimum atomic E-state index is -0.578. The number of rotatable bonds is 13. The number of thioether (sulfide) groups is 2. The molecule has 0 radical (unpaired) electrons. The van der Waals surface area contributed by atoms with Crippen LogP contribution < -0.4 is 10.6 Å². The monoisotopic (exact) mass is 748 g/mol. The third-order valence-corrected chi connectivity index (χ3v) is 14.3. The molecule has 0 saturated carbocycles. The van der Waals surface area contributed by atoms with Crippen LogP contribution in [-0.4, -0.2) is 93.1 Å². The van der Waals surface area contributed by atoms with Gasteiger partial charge in [-0.25, -0.2) is 4.79 Å². The number of esters is 1. The maximum Gasteiger partial charge on any atom is 0.328 e. The normalized spacial score (nSPS) is 27.1. The van der Waals surface area contributed by atoms with Crippen molar-refractivity contribution in [3.8, 4) is 0 Å². The predicted octanol–water partition coefficient (Wildman–Crippen LogP) is 5.81. The van der Waals surface area contributed by atoms with Gasteiger partial charge >= 0.3 is 5.97 Å². The Morgan fingerprint density at radius 1 is 0.865 bits per heavy atom. The Labute approximate surface area is 318 Å². The molecular weight excluding hydrogens is 693 g/mol. The summed E-state index contributed by atoms with van der Waals surface area (Å²) in [6, 6.07) is 19.0. The SMILES string of the molecule is COC(=O)C1CCCC2SCCC(NC[C@H](CC[C@H](Cc3ccccc3)C(=O)N[C@@H]3C(=O)N4CCCC[C@@H]4SC3(C)C)Cc3ccccc3)C(=O)N21. The zero-order valence-electron chi connectivity index (χ0n) is 31.0. The highest BCUT2D eigenvalue weighted by Gasteiger charge is 2.49. The van der Waals surface area contributed by atoms with Crippen molar-refractivity contribution in [3.05, 3.63) is 71.8 Å². The summed E-state index contributed by atoms with van der Waals surface area (Å²) in [5, 5.41) is 7.09. The van der Waals surface area contributed by atoms with Crippen LogP contribution in [0.2, 0.25) is 0 Å². The molecule has 3 amide bonds. The second kappa shape index (κ2) is 17.9. The molecule has 6 rings (SSSR count). The molecule has 4 aliphatic heterocycles. The van der Waals surface area contributed by atoms with Gasteiger partial charge in [-0.1, -0.05) is 60.7 Å². The van der Waals surface area contributed by atoms with Crippen molar-refractivity contribution in [2.24, 2.45) is 11.8 Å². The van der Waals surface area contributed by atoms with Gasteiger partial charge in [0.15, 0.2) is 0 Å². The summed E-state index contributed by atoms with van der Waals surface area (Å²) in [5.74, 6) is 0.299. The zero-order chi connectivity index (χ0) is 36.7. The van der Waals surface area contributed by atoms with Crippen LogP contribution in [0.25, 0.3) is 0 Å². The molecule has 0 bridgehead atoms. The van der Waals surface area contributed by atoms with Crippen LogP contribution in [0, 0.1) is 11.8 Å². The summed E-state index contributed by atoms with van der Waals surface area (Å²) in [7, 11) is 1.40. The van der Waals surface area contributed by atoms with Gasteiger partial charge in [0, 0.05) is 17.2 Å². The van der Waals surface area contributed by atoms with Crippen molar-refractivity contribution in [3.63, 3.8) is 0 Å². The molecule has 9 nitrogen and oxygen atoms in total. The Morgan fingerprint density at radius 3 is 2.27 bits per heavy atom. The summed E-state index contributed by atoms with van der Waals surface area (Å²) in [4.78, 5) is 58.7. The number of amides is 3. The fourth-order valence-corrected chi connectivity index (χ4v) is 11.5. The Morgan fingerprint density at radius 2 is 1.56 bits per heavy atom. The molecule has 3 unspecified atom stereocenters. The van der Waals surface area contributed by atoms with E-state index in [1.807, 2.05) is 40.9 Å². The van der Waals surface area contributed by atoms with Gasteiger partial charge < -0.3 is 25.2 Å². The molecule has 282 valence electrons. The maximum absolute atomic E-state index is 14.3. The molecule has 0 spiro atoms. The van der Waals surface area contributed by atoms with Crippen molar-refractivity contribution in [2.45, 2.75) is 118 Å². The second-order valence-electron chi connectivity index (χ2n) is 15.5. The lowest BCUT2D eigenvalue weighted by molar-refractivity contribution is -0.156. The number of carbonyl (C=O) groups is 4. The van der Waals surface area contributed by atoms with Crippen molar-refractivity contribution >= 4 is 47.2 Å². The zero-order valence-corrected chi connectivity index (χ0v) is 32.6. The van der Waals surface area contributed by atoms with Crippen LogP contribution in [0.3, 0.4) is 0 Å². The van der Waals surface area contributed by atoms with E-state index in [1.165, 1.54) is 12.7 Å². The Hall–Kier alpha value is -3.02. The first-order valence-electron chi connectivity index (χ1n) is 19.3. The lowest BCUT2D eigenvalue weighted by Crippen LogP contribution is -2.64. The van der Waals surface area contributed by atoms with Gasteiger partial charge in [-0.2, -0.15) is 0 Å². The smallest absolute Gasteiger partial charge is 0.328 e. The molecule has 2 aromatic carbocycles. The second-order valence-corrected chi connectivity index (χ2v) is 18.6. The van der Waals surface area contributed by atoms with E-state index < -0.39 is 16.8 Å². The first-order chi connectivity index (χ1) is 25.1. The number of methoxy groups -OCH3 is 1. The average molecular weight is 749 g/mol. The average Bonchev–Trinajstić information content (AvgIpc) is 3.31. The number of ether oxygens (including phenoxy) is 1. The van der Waals surface area contributed by atoms with Crippen molar-refractivity contribution in [1.82, 2.24) is 20.4 Å². The fraction of sp³-hybridized carbons (Fsp3) is 0.610. The number of hydrogen-bond donors (Lipinski definition) is 2. The van der Waals surface area contributed by atoms with Gasteiger partial charge in [0.05, 0.1) is 23.9 Å². The number of piperidine rings is 2. The van der Waals surface area contributed by atoms with E-state index >= 15 is 0 Å². The van der Waals surface area contributed by atoms with E-state index in [1.54, 1.807) is 16.7 Å². The van der Waals surface area contributed by atoms with E-state index in [0.29, 0.717) is 32.2 Å². The molecule has 7 atom stereocenters. The van der Waals surface area contributed by atoms with Crippen LogP contribution in [-0.2, 0) is 36.8 Å². The Balaban J connectivity index is 1.17. The van der Waals surface area contributed by atoms with E-state index in [9.17, 15) is 19.2 Å². The van der Waals surface area contributed by atoms with Gasteiger partial charge in [-0.3, -0.25) is 14.4 Å². The van der Waals surface area contributed by atoms with E-state index in [2.05, 4.69) is 60.9 Å². The number of hydrogen-bond acceptors (Lipinski definition) is 8. The molecule has 4 heterocycles. The first-order valence-corrected chi connectivity index (χ1v) is 21.2. The first kappa shape index (κ1) is 38.7. The molecule has 0 aliphatic carbocycles. The lowest BCUT2D eigenvalue weighted by atomic mass is 9.86. The number of nitrogens with one attached hydrogen (secondary N) is 2. The number of carbonyl (C=O) groups excluding carboxylic acids is 4. The molecule has 2 aromatic rings. The van der Waals surface area contributed by atoms with Crippen LogP contribution in [0.15, 0.2) is 60.7 Å². The van der Waals surface area contributed by atoms with Gasteiger partial charge in [-0.15, -0.1) is 23.5 Å². The van der Waals surface area contributed by atoms with Crippen molar-refractivity contribution < 1.29 is 23.9 Å². The van der Waals surface area contributed by atoms with Crippen LogP contribution in [0.4, 0.5) is 0 Å². The highest BCUT2D eigenvalue weighted by atomic mass is 32.2. The largest absolute Gasteiger partial charge is 0.467 e. The predicted molar refractivity (Wildman–Crippen MR) is 209 cm³/mol. The number of fused-ring (bicyclic) bond motifs is 2. The molecule has 4 aliphatic rings. The van der Waals surface area contributed by atoms with Gasteiger partial charge in [0.2, 0.25) is 17.7 Å². The minimum Gasteiger partial charge on any atom is -0.467 e. The molecule has 11 heteroatoms. The van der Waals surface area contributed by atoms with Crippen molar-refractivity contribution in [1.29, 1.82) is 0 Å². The number of nitrogens with zero attached hydrogens (tertiary/aromatic N) is 2. The summed E-state index contributed by atoms with van der Waals surface area (Å²) >= 11 is 3.58. The summed E-state index contributed by atoms with van der Waals surface area (Å²) in [6.07, 6.45) is 9.07. The van der Waals surface area contributed by atoms with Gasteiger partial charge in [0.25, 0.3) is 0 Å². The van der Waals surface area contributed by atoms with E-state index in [4.69, 9.17) is 4.74 Å². The molecule has 4 saturated heterocycles. The van der Waals surface area contributed by atoms with E-state index in [0.717, 1.165) is 62.8 Å². The highest BCUT2D eigenvalue weighted by molar-refractivity contribution is 8.01. The molecular formula is C41H56N4O5S2. The number of benzene rings is 2. The lowest BCUT2D eigenvalue weighted by Gasteiger charge is -2.49.